The molecule has 1 unspecified atom stereocenters. The lowest BCUT2D eigenvalue weighted by molar-refractivity contribution is -0.129. The minimum Gasteiger partial charge on any atom is -0.342 e. The number of halogens is 1. The van der Waals surface area contributed by atoms with Gasteiger partial charge in [-0.1, -0.05) is 20.8 Å². The first-order chi connectivity index (χ1) is 8.90. The van der Waals surface area contributed by atoms with Gasteiger partial charge in [0.2, 0.25) is 5.91 Å². The van der Waals surface area contributed by atoms with Gasteiger partial charge < -0.3 is 4.90 Å². The maximum absolute atomic E-state index is 12.2. The van der Waals surface area contributed by atoms with Crippen molar-refractivity contribution in [2.24, 2.45) is 11.3 Å². The summed E-state index contributed by atoms with van der Waals surface area (Å²) in [7, 11) is 0. The number of hydrogen-bond donors (Lipinski definition) is 0. The van der Waals surface area contributed by atoms with E-state index in [2.05, 4.69) is 25.8 Å². The molecule has 0 aromatic carbocycles. The number of carbonyl (C=O) groups is 1. The van der Waals surface area contributed by atoms with Crippen molar-refractivity contribution in [3.8, 4) is 0 Å². The number of hydrogen-bond acceptors (Lipinski definition) is 3. The number of carbonyl (C=O) groups excluding carboxylic acids is 1. The molecular weight excluding hydrogens is 280 g/mol. The van der Waals surface area contributed by atoms with E-state index in [1.807, 2.05) is 10.3 Å². The Hall–Kier alpha value is -0.610. The normalized spacial score (nSPS) is 20.0. The van der Waals surface area contributed by atoms with Crippen molar-refractivity contribution in [1.29, 1.82) is 0 Å². The van der Waals surface area contributed by atoms with E-state index < -0.39 is 0 Å². The second kappa shape index (κ2) is 5.80. The van der Waals surface area contributed by atoms with Crippen LogP contribution in [0, 0.1) is 11.3 Å². The lowest BCUT2D eigenvalue weighted by Gasteiger charge is -2.26. The third kappa shape index (κ3) is 3.69. The Morgan fingerprint density at radius 1 is 1.58 bits per heavy atom. The quantitative estimate of drug-likeness (QED) is 0.802. The van der Waals surface area contributed by atoms with Crippen LogP contribution in [0.4, 0.5) is 0 Å². The monoisotopic (exact) mass is 300 g/mol. The average molecular weight is 301 g/mol. The first kappa shape index (κ1) is 14.8. The minimum absolute atomic E-state index is 0.197. The molecule has 1 amide bonds. The van der Waals surface area contributed by atoms with Crippen molar-refractivity contribution in [3.05, 3.63) is 16.1 Å². The highest BCUT2D eigenvalue weighted by molar-refractivity contribution is 7.09. The van der Waals surface area contributed by atoms with Crippen LogP contribution in [0.5, 0.6) is 0 Å². The topological polar surface area (TPSA) is 33.2 Å². The highest BCUT2D eigenvalue weighted by atomic mass is 35.5. The molecular formula is C14H21ClN2OS. The summed E-state index contributed by atoms with van der Waals surface area (Å²) >= 11 is 7.25. The van der Waals surface area contributed by atoms with E-state index in [-0.39, 0.29) is 11.3 Å². The fourth-order valence-corrected chi connectivity index (χ4v) is 3.44. The van der Waals surface area contributed by atoms with Crippen molar-refractivity contribution < 1.29 is 4.79 Å². The van der Waals surface area contributed by atoms with E-state index in [0.29, 0.717) is 18.2 Å². The number of nitrogens with zero attached hydrogens (tertiary/aromatic N) is 2. The van der Waals surface area contributed by atoms with Gasteiger partial charge in [0.15, 0.2) is 0 Å². The largest absolute Gasteiger partial charge is 0.342 e. The SMILES string of the molecule is CC(C)(C)C1CCN(C(=O)Cc2nc(CCl)cs2)C1. The number of thiazole rings is 1. The van der Waals surface area contributed by atoms with E-state index in [9.17, 15) is 4.79 Å². The standard InChI is InChI=1S/C14H21ClN2OS/c1-14(2,3)10-4-5-17(8-10)13(18)6-12-16-11(7-15)9-19-12/h9-10H,4-8H2,1-3H3. The molecule has 0 N–H and O–H groups in total. The molecule has 19 heavy (non-hydrogen) atoms. The highest BCUT2D eigenvalue weighted by Gasteiger charge is 2.33. The Kier molecular flexibility index (Phi) is 4.51. The molecule has 2 heterocycles. The second-order valence-corrected chi connectivity index (χ2v) is 7.44. The van der Waals surface area contributed by atoms with Gasteiger partial charge in [0, 0.05) is 18.5 Å². The van der Waals surface area contributed by atoms with E-state index in [4.69, 9.17) is 11.6 Å². The van der Waals surface area contributed by atoms with Crippen LogP contribution in [0.2, 0.25) is 0 Å². The maximum atomic E-state index is 12.2. The lowest BCUT2D eigenvalue weighted by Crippen LogP contribution is -2.32. The molecule has 0 aliphatic carbocycles. The lowest BCUT2D eigenvalue weighted by atomic mass is 9.80. The number of rotatable bonds is 3. The predicted octanol–water partition coefficient (Wildman–Crippen LogP) is 3.32. The molecule has 1 aliphatic rings. The molecule has 0 radical (unpaired) electrons. The summed E-state index contributed by atoms with van der Waals surface area (Å²) in [5, 5.41) is 2.80. The van der Waals surface area contributed by atoms with E-state index >= 15 is 0 Å². The molecule has 5 heteroatoms. The number of aromatic nitrogens is 1. The Labute approximate surface area is 124 Å². The van der Waals surface area contributed by atoms with Crippen LogP contribution in [0.3, 0.4) is 0 Å². The Morgan fingerprint density at radius 3 is 2.84 bits per heavy atom. The number of amides is 1. The van der Waals surface area contributed by atoms with Crippen LogP contribution in [-0.4, -0.2) is 28.9 Å². The van der Waals surface area contributed by atoms with E-state index in [1.54, 1.807) is 0 Å². The van der Waals surface area contributed by atoms with Crippen LogP contribution in [0.1, 0.15) is 37.9 Å². The maximum Gasteiger partial charge on any atom is 0.229 e. The highest BCUT2D eigenvalue weighted by Crippen LogP contribution is 2.33. The van der Waals surface area contributed by atoms with Crippen molar-refractivity contribution in [3.63, 3.8) is 0 Å². The average Bonchev–Trinajstić information content (AvgIpc) is 2.96. The first-order valence-electron chi connectivity index (χ1n) is 6.67. The fourth-order valence-electron chi connectivity index (χ4n) is 2.43. The van der Waals surface area contributed by atoms with Crippen LogP contribution in [-0.2, 0) is 17.1 Å². The summed E-state index contributed by atoms with van der Waals surface area (Å²) < 4.78 is 0. The summed E-state index contributed by atoms with van der Waals surface area (Å²) in [4.78, 5) is 18.6. The predicted molar refractivity (Wildman–Crippen MR) is 79.5 cm³/mol. The molecule has 0 bridgehead atoms. The van der Waals surface area contributed by atoms with Crippen LogP contribution >= 0.6 is 22.9 Å². The first-order valence-corrected chi connectivity index (χ1v) is 8.08. The smallest absolute Gasteiger partial charge is 0.229 e. The molecule has 0 spiro atoms. The molecule has 1 saturated heterocycles. The molecule has 3 nitrogen and oxygen atoms in total. The molecule has 1 aliphatic heterocycles. The van der Waals surface area contributed by atoms with Gasteiger partial charge in [-0.05, 0) is 17.8 Å². The van der Waals surface area contributed by atoms with Crippen molar-refractivity contribution in [2.45, 2.75) is 39.5 Å². The number of alkyl halides is 1. The summed E-state index contributed by atoms with van der Waals surface area (Å²) in [6.45, 7) is 8.52. The molecule has 1 aromatic rings. The van der Waals surface area contributed by atoms with Gasteiger partial charge in [-0.25, -0.2) is 4.98 Å². The molecule has 1 aromatic heterocycles. The molecule has 0 saturated carbocycles. The van der Waals surface area contributed by atoms with Gasteiger partial charge in [-0.2, -0.15) is 0 Å². The van der Waals surface area contributed by atoms with Gasteiger partial charge in [-0.15, -0.1) is 22.9 Å². The van der Waals surface area contributed by atoms with Gasteiger partial charge in [0.05, 0.1) is 18.0 Å². The van der Waals surface area contributed by atoms with E-state index in [1.165, 1.54) is 11.3 Å². The van der Waals surface area contributed by atoms with Gasteiger partial charge in [-0.3, -0.25) is 4.79 Å². The van der Waals surface area contributed by atoms with E-state index in [0.717, 1.165) is 30.2 Å². The van der Waals surface area contributed by atoms with Gasteiger partial charge in [0.1, 0.15) is 5.01 Å². The summed E-state index contributed by atoms with van der Waals surface area (Å²) in [6, 6.07) is 0. The van der Waals surface area contributed by atoms with Crippen molar-refractivity contribution in [1.82, 2.24) is 9.88 Å². The van der Waals surface area contributed by atoms with Gasteiger partial charge in [0.25, 0.3) is 0 Å². The molecule has 1 fully saturated rings. The van der Waals surface area contributed by atoms with Crippen LogP contribution < -0.4 is 0 Å². The second-order valence-electron chi connectivity index (χ2n) is 6.23. The zero-order valence-electron chi connectivity index (χ0n) is 11.8. The molecule has 1 atom stereocenters. The van der Waals surface area contributed by atoms with Crippen molar-refractivity contribution >= 4 is 28.8 Å². The van der Waals surface area contributed by atoms with Crippen LogP contribution in [0.25, 0.3) is 0 Å². The van der Waals surface area contributed by atoms with Gasteiger partial charge >= 0.3 is 0 Å². The summed E-state index contributed by atoms with van der Waals surface area (Å²) in [5.41, 5.74) is 1.14. The minimum atomic E-state index is 0.197. The third-order valence-corrected chi connectivity index (χ3v) is 4.98. The summed E-state index contributed by atoms with van der Waals surface area (Å²) in [5.74, 6) is 1.22. The molecule has 2 rings (SSSR count). The Balaban J connectivity index is 1.91. The van der Waals surface area contributed by atoms with Crippen molar-refractivity contribution in [2.75, 3.05) is 13.1 Å². The van der Waals surface area contributed by atoms with Crippen LogP contribution in [0.15, 0.2) is 5.38 Å². The zero-order valence-corrected chi connectivity index (χ0v) is 13.4. The third-order valence-electron chi connectivity index (χ3n) is 3.80. The molecule has 106 valence electrons. The Morgan fingerprint density at radius 2 is 2.32 bits per heavy atom. The summed E-state index contributed by atoms with van der Waals surface area (Å²) in [6.07, 6.45) is 1.53. The fraction of sp³-hybridized carbons (Fsp3) is 0.714. The number of likely N-dealkylation sites (tertiary alicyclic amines) is 1. The Bertz CT molecular complexity index is 453. The zero-order chi connectivity index (χ0) is 14.0.